The van der Waals surface area contributed by atoms with E-state index in [9.17, 15) is 14.9 Å². The number of carbonyl (C=O) groups excluding carboxylic acids is 1. The van der Waals surface area contributed by atoms with Crippen molar-refractivity contribution < 1.29 is 19.2 Å². The molecule has 0 aliphatic carbocycles. The monoisotopic (exact) mass is 418 g/mol. The number of nitro groups is 1. The number of nitro benzene ring substituents is 1. The average Bonchev–Trinajstić information content (AvgIpc) is 2.65. The molecule has 9 heteroatoms. The summed E-state index contributed by atoms with van der Waals surface area (Å²) in [5.41, 5.74) is 0.394. The fourth-order valence-electron chi connectivity index (χ4n) is 3.36. The summed E-state index contributed by atoms with van der Waals surface area (Å²) in [5.74, 6) is -0.265. The largest absolute Gasteiger partial charge is 0.459 e. The molecule has 1 aromatic rings. The van der Waals surface area contributed by atoms with E-state index in [1.165, 1.54) is 6.07 Å². The molecule has 30 heavy (non-hydrogen) atoms. The molecular formula is C21H30N4O5. The van der Waals surface area contributed by atoms with Crippen LogP contribution in [0.5, 0.6) is 0 Å². The van der Waals surface area contributed by atoms with E-state index in [0.29, 0.717) is 45.8 Å². The Bertz CT molecular complexity index is 771. The quantitative estimate of drug-likeness (QED) is 0.260. The molecule has 1 aromatic carbocycles. The minimum absolute atomic E-state index is 0.000795. The van der Waals surface area contributed by atoms with Gasteiger partial charge in [0.05, 0.1) is 37.2 Å². The lowest BCUT2D eigenvalue weighted by Gasteiger charge is -2.41. The normalized spacial score (nSPS) is 18.0. The van der Waals surface area contributed by atoms with Crippen molar-refractivity contribution in [2.24, 2.45) is 0 Å². The Labute approximate surface area is 177 Å². The Morgan fingerprint density at radius 2 is 2.13 bits per heavy atom. The summed E-state index contributed by atoms with van der Waals surface area (Å²) in [7, 11) is 0. The summed E-state index contributed by atoms with van der Waals surface area (Å²) in [5, 5.41) is 19.8. The van der Waals surface area contributed by atoms with E-state index in [4.69, 9.17) is 14.7 Å². The van der Waals surface area contributed by atoms with Crippen LogP contribution in [-0.2, 0) is 20.8 Å². The van der Waals surface area contributed by atoms with Gasteiger partial charge in [0.1, 0.15) is 5.60 Å². The summed E-state index contributed by atoms with van der Waals surface area (Å²) in [6.45, 7) is 9.03. The van der Waals surface area contributed by atoms with Gasteiger partial charge in [0.2, 0.25) is 0 Å². The van der Waals surface area contributed by atoms with Crippen LogP contribution in [0.15, 0.2) is 24.3 Å². The Kier molecular flexibility index (Phi) is 8.72. The predicted molar refractivity (Wildman–Crippen MR) is 111 cm³/mol. The van der Waals surface area contributed by atoms with Gasteiger partial charge in [-0.1, -0.05) is 12.1 Å². The van der Waals surface area contributed by atoms with Crippen LogP contribution in [0, 0.1) is 21.4 Å². The second-order valence-corrected chi connectivity index (χ2v) is 8.36. The third kappa shape index (κ3) is 8.06. The molecule has 0 radical (unpaired) electrons. The minimum Gasteiger partial charge on any atom is -0.459 e. The highest BCUT2D eigenvalue weighted by atomic mass is 16.6. The predicted octanol–water partition coefficient (Wildman–Crippen LogP) is 2.35. The number of non-ortho nitro benzene ring substituents is 1. The van der Waals surface area contributed by atoms with E-state index in [0.717, 1.165) is 5.56 Å². The van der Waals surface area contributed by atoms with Gasteiger partial charge in [0.15, 0.2) is 0 Å². The number of ether oxygens (including phenoxy) is 2. The van der Waals surface area contributed by atoms with E-state index in [2.05, 4.69) is 11.0 Å². The van der Waals surface area contributed by atoms with Gasteiger partial charge < -0.3 is 9.47 Å². The molecular weight excluding hydrogens is 388 g/mol. The van der Waals surface area contributed by atoms with Crippen molar-refractivity contribution in [3.8, 4) is 6.07 Å². The maximum atomic E-state index is 12.2. The Hall–Kier alpha value is -2.54. The topological polar surface area (TPSA) is 109 Å². The molecule has 164 valence electrons. The minimum atomic E-state index is -0.527. The molecule has 1 aliphatic heterocycles. The number of hydrogen-bond acceptors (Lipinski definition) is 8. The number of piperazine rings is 1. The van der Waals surface area contributed by atoms with Crippen LogP contribution in [0.3, 0.4) is 0 Å². The third-order valence-corrected chi connectivity index (χ3v) is 4.64. The van der Waals surface area contributed by atoms with Crippen LogP contribution in [0.25, 0.3) is 0 Å². The molecule has 0 bridgehead atoms. The maximum absolute atomic E-state index is 12.2. The fraction of sp³-hybridized carbons (Fsp3) is 0.619. The molecule has 0 N–H and O–H groups in total. The number of nitriles is 1. The van der Waals surface area contributed by atoms with Crippen LogP contribution in [0.1, 0.15) is 32.8 Å². The first-order valence-corrected chi connectivity index (χ1v) is 10.0. The summed E-state index contributed by atoms with van der Waals surface area (Å²) < 4.78 is 11.1. The lowest BCUT2D eigenvalue weighted by molar-refractivity contribution is -0.384. The van der Waals surface area contributed by atoms with Crippen molar-refractivity contribution in [1.29, 1.82) is 5.26 Å². The average molecular weight is 418 g/mol. The zero-order valence-corrected chi connectivity index (χ0v) is 17.9. The summed E-state index contributed by atoms with van der Waals surface area (Å²) in [6.07, 6.45) is 0.319. The first kappa shape index (κ1) is 23.7. The van der Waals surface area contributed by atoms with E-state index >= 15 is 0 Å². The molecule has 1 aliphatic rings. The van der Waals surface area contributed by atoms with Gasteiger partial charge in [-0.25, -0.2) is 0 Å². The highest BCUT2D eigenvalue weighted by Crippen LogP contribution is 2.19. The molecule has 0 saturated carbocycles. The number of carbonyl (C=O) groups is 1. The standard InChI is InChI=1S/C21H30N4O5/c1-21(2,3)30-20(26)15-23-9-10-24(19(14-23)16-29-11-5-8-22)13-17-6-4-7-18(12-17)25(27)28/h4,6-7,12,19H,5,9-11,13-16H2,1-3H3. The molecule has 1 fully saturated rings. The van der Waals surface area contributed by atoms with Crippen LogP contribution in [0.4, 0.5) is 5.69 Å². The van der Waals surface area contributed by atoms with Gasteiger partial charge in [-0.3, -0.25) is 24.7 Å². The molecule has 1 saturated heterocycles. The van der Waals surface area contributed by atoms with Crippen LogP contribution < -0.4 is 0 Å². The highest BCUT2D eigenvalue weighted by Gasteiger charge is 2.29. The number of hydrogen-bond donors (Lipinski definition) is 0. The van der Waals surface area contributed by atoms with Crippen LogP contribution in [-0.4, -0.2) is 71.7 Å². The van der Waals surface area contributed by atoms with Gasteiger partial charge in [0.25, 0.3) is 5.69 Å². The molecule has 0 aromatic heterocycles. The SMILES string of the molecule is CC(C)(C)OC(=O)CN1CCN(Cc2cccc([N+](=O)[O-])c2)C(COCCC#N)C1. The number of esters is 1. The lowest BCUT2D eigenvalue weighted by Crippen LogP contribution is -2.55. The maximum Gasteiger partial charge on any atom is 0.320 e. The van der Waals surface area contributed by atoms with E-state index < -0.39 is 10.5 Å². The first-order valence-electron chi connectivity index (χ1n) is 10.0. The zero-order chi connectivity index (χ0) is 22.1. The molecule has 0 amide bonds. The van der Waals surface area contributed by atoms with Crippen molar-refractivity contribution in [2.75, 3.05) is 39.4 Å². The molecule has 0 spiro atoms. The van der Waals surface area contributed by atoms with E-state index in [-0.39, 0.29) is 24.2 Å². The second kappa shape index (κ2) is 11.0. The molecule has 9 nitrogen and oxygen atoms in total. The van der Waals surface area contributed by atoms with E-state index in [1.54, 1.807) is 12.1 Å². The zero-order valence-electron chi connectivity index (χ0n) is 17.9. The molecule has 2 rings (SSSR count). The van der Waals surface area contributed by atoms with Crippen molar-refractivity contribution in [3.05, 3.63) is 39.9 Å². The van der Waals surface area contributed by atoms with Gasteiger partial charge in [-0.05, 0) is 26.3 Å². The van der Waals surface area contributed by atoms with Crippen molar-refractivity contribution in [2.45, 2.75) is 45.4 Å². The summed E-state index contributed by atoms with van der Waals surface area (Å²) in [4.78, 5) is 27.1. The van der Waals surface area contributed by atoms with Crippen LogP contribution in [0.2, 0.25) is 0 Å². The lowest BCUT2D eigenvalue weighted by atomic mass is 10.1. The number of nitrogens with zero attached hydrogens (tertiary/aromatic N) is 4. The number of rotatable bonds is 9. The molecule has 1 unspecified atom stereocenters. The number of benzene rings is 1. The Morgan fingerprint density at radius 3 is 2.80 bits per heavy atom. The first-order chi connectivity index (χ1) is 14.2. The van der Waals surface area contributed by atoms with Crippen molar-refractivity contribution >= 4 is 11.7 Å². The summed E-state index contributed by atoms with van der Waals surface area (Å²) >= 11 is 0. The van der Waals surface area contributed by atoms with Gasteiger partial charge in [-0.2, -0.15) is 5.26 Å². The molecule has 1 atom stereocenters. The van der Waals surface area contributed by atoms with Gasteiger partial charge in [-0.15, -0.1) is 0 Å². The van der Waals surface area contributed by atoms with Gasteiger partial charge in [0, 0.05) is 44.4 Å². The highest BCUT2D eigenvalue weighted by molar-refractivity contribution is 5.72. The van der Waals surface area contributed by atoms with Crippen molar-refractivity contribution in [1.82, 2.24) is 9.80 Å². The third-order valence-electron chi connectivity index (χ3n) is 4.64. The van der Waals surface area contributed by atoms with E-state index in [1.807, 2.05) is 31.7 Å². The van der Waals surface area contributed by atoms with Crippen LogP contribution >= 0.6 is 0 Å². The van der Waals surface area contributed by atoms with Crippen molar-refractivity contribution in [3.63, 3.8) is 0 Å². The summed E-state index contributed by atoms with van der Waals surface area (Å²) in [6, 6.07) is 8.67. The van der Waals surface area contributed by atoms with Gasteiger partial charge >= 0.3 is 5.97 Å². The Morgan fingerprint density at radius 1 is 1.37 bits per heavy atom. The second-order valence-electron chi connectivity index (χ2n) is 8.36. The smallest absolute Gasteiger partial charge is 0.320 e. The Balaban J connectivity index is 2.02. The fourth-order valence-corrected chi connectivity index (χ4v) is 3.36. The molecule has 1 heterocycles.